The van der Waals surface area contributed by atoms with E-state index in [1.807, 2.05) is 0 Å². The summed E-state index contributed by atoms with van der Waals surface area (Å²) in [6, 6.07) is 12.7. The Morgan fingerprint density at radius 1 is 0.909 bits per heavy atom. The number of hydrogen-bond acceptors (Lipinski definition) is 2. The molecule has 22 heavy (non-hydrogen) atoms. The van der Waals surface area contributed by atoms with Gasteiger partial charge >= 0.3 is 0 Å². The van der Waals surface area contributed by atoms with Gasteiger partial charge in [-0.05, 0) is 70.5 Å². The molecule has 0 unspecified atom stereocenters. The normalized spacial score (nSPS) is 32.8. The van der Waals surface area contributed by atoms with Gasteiger partial charge in [-0.2, -0.15) is 11.3 Å². The zero-order valence-electron chi connectivity index (χ0n) is 12.4. The molecule has 0 spiro atoms. The second-order valence-electron chi connectivity index (χ2n) is 6.92. The molecule has 2 aromatic rings. The molecule has 0 aliphatic heterocycles. The van der Waals surface area contributed by atoms with E-state index >= 15 is 0 Å². The summed E-state index contributed by atoms with van der Waals surface area (Å²) in [5.74, 6) is 2.53. The molecule has 3 aliphatic rings. The van der Waals surface area contributed by atoms with Gasteiger partial charge < -0.3 is 0 Å². The third-order valence-corrected chi connectivity index (χ3v) is 6.65. The van der Waals surface area contributed by atoms with Gasteiger partial charge in [-0.25, -0.2) is 0 Å². The first-order valence-electron chi connectivity index (χ1n) is 8.21. The highest BCUT2D eigenvalue weighted by Crippen LogP contribution is 2.62. The van der Waals surface area contributed by atoms with Gasteiger partial charge in [0, 0.05) is 11.5 Å². The van der Waals surface area contributed by atoms with Crippen LogP contribution in [0, 0.1) is 23.7 Å². The SMILES string of the molecule is O=C1C(c2ccsc2)=C(c2ccccc2)[C@@H]2[C@H]3CC[C@H](C3)[C@H]12. The molecule has 5 rings (SSSR count). The fourth-order valence-corrected chi connectivity index (χ4v) is 5.86. The Labute approximate surface area is 134 Å². The van der Waals surface area contributed by atoms with Crippen molar-refractivity contribution in [1.82, 2.24) is 0 Å². The first-order chi connectivity index (χ1) is 10.8. The van der Waals surface area contributed by atoms with Gasteiger partial charge in [-0.1, -0.05) is 30.3 Å². The van der Waals surface area contributed by atoms with Gasteiger partial charge in [0.05, 0.1) is 0 Å². The molecule has 0 saturated heterocycles. The molecule has 2 heteroatoms. The average Bonchev–Trinajstić information content (AvgIpc) is 3.30. The first-order valence-corrected chi connectivity index (χ1v) is 9.15. The third kappa shape index (κ3) is 1.62. The van der Waals surface area contributed by atoms with E-state index in [0.29, 0.717) is 17.6 Å². The smallest absolute Gasteiger partial charge is 0.167 e. The summed E-state index contributed by atoms with van der Waals surface area (Å²) in [6.07, 6.45) is 3.84. The van der Waals surface area contributed by atoms with Crippen LogP contribution in [0.5, 0.6) is 0 Å². The van der Waals surface area contributed by atoms with Crippen LogP contribution >= 0.6 is 11.3 Å². The lowest BCUT2D eigenvalue weighted by atomic mass is 9.77. The number of allylic oxidation sites excluding steroid dienone is 2. The Hall–Kier alpha value is -1.67. The standard InChI is InChI=1S/C20H18OS/c21-20-18-14-7-6-13(10-14)17(18)16(12-4-2-1-3-5-12)19(20)15-8-9-22-11-15/h1-5,8-9,11,13-14,17-18H,6-7,10H2/t13-,14+,17-,18-/m0/s1. The van der Waals surface area contributed by atoms with Crippen molar-refractivity contribution in [2.75, 3.05) is 0 Å². The van der Waals surface area contributed by atoms with E-state index in [9.17, 15) is 4.79 Å². The third-order valence-electron chi connectivity index (χ3n) is 5.96. The number of carbonyl (C=O) groups is 1. The lowest BCUT2D eigenvalue weighted by molar-refractivity contribution is -0.118. The van der Waals surface area contributed by atoms with Crippen molar-refractivity contribution >= 4 is 28.3 Å². The highest BCUT2D eigenvalue weighted by Gasteiger charge is 2.57. The van der Waals surface area contributed by atoms with Crippen LogP contribution in [0.3, 0.4) is 0 Å². The molecule has 0 amide bonds. The van der Waals surface area contributed by atoms with Crippen molar-refractivity contribution in [2.24, 2.45) is 23.7 Å². The second-order valence-corrected chi connectivity index (χ2v) is 7.70. The van der Waals surface area contributed by atoms with Gasteiger partial charge in [0.1, 0.15) is 0 Å². The van der Waals surface area contributed by atoms with Crippen molar-refractivity contribution in [3.05, 3.63) is 58.3 Å². The Kier molecular flexibility index (Phi) is 2.72. The van der Waals surface area contributed by atoms with Crippen LogP contribution in [0.25, 0.3) is 11.1 Å². The van der Waals surface area contributed by atoms with E-state index in [2.05, 4.69) is 47.2 Å². The molecule has 2 saturated carbocycles. The summed E-state index contributed by atoms with van der Waals surface area (Å²) >= 11 is 1.68. The first kappa shape index (κ1) is 12.8. The van der Waals surface area contributed by atoms with Crippen LogP contribution in [0.15, 0.2) is 47.2 Å². The average molecular weight is 306 g/mol. The summed E-state index contributed by atoms with van der Waals surface area (Å²) in [5.41, 5.74) is 4.78. The van der Waals surface area contributed by atoms with Crippen LogP contribution in [0.2, 0.25) is 0 Å². The monoisotopic (exact) mass is 306 g/mol. The van der Waals surface area contributed by atoms with E-state index in [1.54, 1.807) is 11.3 Å². The molecular weight excluding hydrogens is 288 g/mol. The summed E-state index contributed by atoms with van der Waals surface area (Å²) in [6.45, 7) is 0. The lowest BCUT2D eigenvalue weighted by Crippen LogP contribution is -2.24. The lowest BCUT2D eigenvalue weighted by Gasteiger charge is -2.26. The molecule has 3 aliphatic carbocycles. The Bertz CT molecular complexity index is 756. The molecule has 1 aromatic carbocycles. The van der Waals surface area contributed by atoms with E-state index < -0.39 is 0 Å². The van der Waals surface area contributed by atoms with Crippen molar-refractivity contribution in [3.63, 3.8) is 0 Å². The van der Waals surface area contributed by atoms with Crippen molar-refractivity contribution in [1.29, 1.82) is 0 Å². The highest BCUT2D eigenvalue weighted by atomic mass is 32.1. The largest absolute Gasteiger partial charge is 0.294 e. The van der Waals surface area contributed by atoms with E-state index in [1.165, 1.54) is 30.4 Å². The zero-order chi connectivity index (χ0) is 14.7. The number of carbonyl (C=O) groups excluding carboxylic acids is 1. The van der Waals surface area contributed by atoms with Crippen molar-refractivity contribution in [3.8, 4) is 0 Å². The molecule has 1 nitrogen and oxygen atoms in total. The summed E-state index contributed by atoms with van der Waals surface area (Å²) < 4.78 is 0. The minimum Gasteiger partial charge on any atom is -0.294 e. The maximum absolute atomic E-state index is 13.2. The van der Waals surface area contributed by atoms with Crippen LogP contribution < -0.4 is 0 Å². The van der Waals surface area contributed by atoms with Crippen molar-refractivity contribution in [2.45, 2.75) is 19.3 Å². The number of ketones is 1. The number of benzene rings is 1. The number of thiophene rings is 1. The fraction of sp³-hybridized carbons (Fsp3) is 0.350. The Morgan fingerprint density at radius 2 is 1.68 bits per heavy atom. The second kappa shape index (κ2) is 4.66. The summed E-state index contributed by atoms with van der Waals surface area (Å²) in [4.78, 5) is 13.2. The number of hydrogen-bond donors (Lipinski definition) is 0. The molecule has 110 valence electrons. The van der Waals surface area contributed by atoms with E-state index in [0.717, 1.165) is 17.1 Å². The van der Waals surface area contributed by atoms with Crippen LogP contribution in [-0.4, -0.2) is 5.78 Å². The van der Waals surface area contributed by atoms with E-state index in [-0.39, 0.29) is 5.92 Å². The Morgan fingerprint density at radius 3 is 2.41 bits per heavy atom. The number of Topliss-reactive ketones (excluding diaryl/α,β-unsaturated/α-hetero) is 1. The molecule has 1 heterocycles. The Balaban J connectivity index is 1.75. The van der Waals surface area contributed by atoms with Gasteiger partial charge in [0.25, 0.3) is 0 Å². The molecule has 1 aromatic heterocycles. The fourth-order valence-electron chi connectivity index (χ4n) is 5.21. The van der Waals surface area contributed by atoms with Crippen LogP contribution in [0.4, 0.5) is 0 Å². The molecule has 0 radical (unpaired) electrons. The minimum absolute atomic E-state index is 0.267. The van der Waals surface area contributed by atoms with Gasteiger partial charge in [-0.15, -0.1) is 0 Å². The molecule has 2 bridgehead atoms. The number of fused-ring (bicyclic) bond motifs is 5. The maximum Gasteiger partial charge on any atom is 0.167 e. The maximum atomic E-state index is 13.2. The van der Waals surface area contributed by atoms with Crippen LogP contribution in [0.1, 0.15) is 30.4 Å². The van der Waals surface area contributed by atoms with Gasteiger partial charge in [0.2, 0.25) is 0 Å². The minimum atomic E-state index is 0.267. The molecular formula is C20H18OS. The zero-order valence-corrected chi connectivity index (χ0v) is 13.2. The predicted molar refractivity (Wildman–Crippen MR) is 90.4 cm³/mol. The summed E-state index contributed by atoms with van der Waals surface area (Å²) in [5, 5.41) is 4.22. The molecule has 4 atom stereocenters. The van der Waals surface area contributed by atoms with E-state index in [4.69, 9.17) is 0 Å². The molecule has 2 fully saturated rings. The predicted octanol–water partition coefficient (Wildman–Crippen LogP) is 4.90. The molecule has 0 N–H and O–H groups in total. The number of rotatable bonds is 2. The van der Waals surface area contributed by atoms with Crippen molar-refractivity contribution < 1.29 is 4.79 Å². The quantitative estimate of drug-likeness (QED) is 0.771. The summed E-state index contributed by atoms with van der Waals surface area (Å²) in [7, 11) is 0. The highest BCUT2D eigenvalue weighted by molar-refractivity contribution is 7.08. The van der Waals surface area contributed by atoms with Gasteiger partial charge in [-0.3, -0.25) is 4.79 Å². The van der Waals surface area contributed by atoms with Crippen LogP contribution in [-0.2, 0) is 4.79 Å². The van der Waals surface area contributed by atoms with Gasteiger partial charge in [0.15, 0.2) is 5.78 Å². The topological polar surface area (TPSA) is 17.1 Å².